The largest absolute Gasteiger partial charge is 0.475 e. The Morgan fingerprint density at radius 3 is 2.57 bits per heavy atom. The lowest BCUT2D eigenvalue weighted by Gasteiger charge is -2.18. The Morgan fingerprint density at radius 1 is 1.50 bits per heavy atom. The summed E-state index contributed by atoms with van der Waals surface area (Å²) < 4.78 is 10.4. The van der Waals surface area contributed by atoms with Crippen molar-refractivity contribution in [3.8, 4) is 0 Å². The molecular formula is C10H14O4. The van der Waals surface area contributed by atoms with Crippen molar-refractivity contribution in [3.63, 3.8) is 0 Å². The lowest BCUT2D eigenvalue weighted by molar-refractivity contribution is -0.0227. The maximum Gasteiger partial charge on any atom is 0.371 e. The molecule has 1 rings (SSSR count). The molecule has 0 aliphatic carbocycles. The molecule has 0 saturated heterocycles. The molecule has 0 aliphatic heterocycles. The van der Waals surface area contributed by atoms with E-state index in [4.69, 9.17) is 14.3 Å². The average molecular weight is 198 g/mol. The molecule has 0 bridgehead atoms. The van der Waals surface area contributed by atoms with Gasteiger partial charge in [0, 0.05) is 0 Å². The van der Waals surface area contributed by atoms with Gasteiger partial charge in [-0.15, -0.1) is 0 Å². The number of carboxylic acid groups (broad SMARTS) is 1. The smallest absolute Gasteiger partial charge is 0.371 e. The second-order valence-electron chi connectivity index (χ2n) is 3.97. The summed E-state index contributed by atoms with van der Waals surface area (Å²) in [5, 5.41) is 8.59. The fraction of sp³-hybridized carbons (Fsp3) is 0.500. The third-order valence-electron chi connectivity index (χ3n) is 1.52. The van der Waals surface area contributed by atoms with Crippen LogP contribution in [0.15, 0.2) is 16.5 Å². The molecule has 4 heteroatoms. The van der Waals surface area contributed by atoms with E-state index in [9.17, 15) is 4.79 Å². The first-order valence-electron chi connectivity index (χ1n) is 4.34. The van der Waals surface area contributed by atoms with Crippen LogP contribution in [-0.2, 0) is 11.3 Å². The van der Waals surface area contributed by atoms with Crippen LogP contribution < -0.4 is 0 Å². The minimum absolute atomic E-state index is 0.0579. The summed E-state index contributed by atoms with van der Waals surface area (Å²) in [6.45, 7) is 6.06. The molecule has 1 heterocycles. The van der Waals surface area contributed by atoms with Gasteiger partial charge in [-0.05, 0) is 32.9 Å². The molecule has 4 nitrogen and oxygen atoms in total. The van der Waals surface area contributed by atoms with Gasteiger partial charge in [-0.25, -0.2) is 4.79 Å². The van der Waals surface area contributed by atoms with Gasteiger partial charge < -0.3 is 14.3 Å². The molecule has 78 valence electrons. The standard InChI is InChI=1S/C10H14O4/c1-10(2,3)13-6-7-4-5-8(14-7)9(11)12/h4-5H,6H2,1-3H3,(H,11,12). The highest BCUT2D eigenvalue weighted by atomic mass is 16.5. The van der Waals surface area contributed by atoms with Gasteiger partial charge in [0.25, 0.3) is 0 Å². The van der Waals surface area contributed by atoms with Crippen LogP contribution >= 0.6 is 0 Å². The topological polar surface area (TPSA) is 59.7 Å². The van der Waals surface area contributed by atoms with Crippen LogP contribution in [0.1, 0.15) is 37.1 Å². The highest BCUT2D eigenvalue weighted by molar-refractivity contribution is 5.84. The Balaban J connectivity index is 2.56. The summed E-state index contributed by atoms with van der Waals surface area (Å²) >= 11 is 0. The molecule has 0 saturated carbocycles. The minimum atomic E-state index is -1.06. The molecule has 1 aromatic rings. The van der Waals surface area contributed by atoms with Gasteiger partial charge in [0.1, 0.15) is 12.4 Å². The van der Waals surface area contributed by atoms with Gasteiger partial charge in [0.15, 0.2) is 0 Å². The van der Waals surface area contributed by atoms with E-state index in [1.54, 1.807) is 6.07 Å². The summed E-state index contributed by atoms with van der Waals surface area (Å²) in [6, 6.07) is 3.03. The summed E-state index contributed by atoms with van der Waals surface area (Å²) in [5.74, 6) is -0.596. The molecule has 1 aromatic heterocycles. The quantitative estimate of drug-likeness (QED) is 0.809. The zero-order chi connectivity index (χ0) is 10.8. The van der Waals surface area contributed by atoms with Crippen molar-refractivity contribution in [1.29, 1.82) is 0 Å². The molecule has 0 radical (unpaired) electrons. The van der Waals surface area contributed by atoms with Gasteiger partial charge in [-0.1, -0.05) is 0 Å². The number of hydrogen-bond donors (Lipinski definition) is 1. The fourth-order valence-electron chi connectivity index (χ4n) is 0.858. The summed E-state index contributed by atoms with van der Waals surface area (Å²) in [5.41, 5.74) is -0.254. The molecule has 0 atom stereocenters. The van der Waals surface area contributed by atoms with Crippen molar-refractivity contribution in [1.82, 2.24) is 0 Å². The van der Waals surface area contributed by atoms with Crippen molar-refractivity contribution in [2.45, 2.75) is 33.0 Å². The maximum absolute atomic E-state index is 10.5. The van der Waals surface area contributed by atoms with Crippen LogP contribution in [0.4, 0.5) is 0 Å². The van der Waals surface area contributed by atoms with E-state index in [2.05, 4.69) is 0 Å². The highest BCUT2D eigenvalue weighted by Gasteiger charge is 2.13. The molecular weight excluding hydrogens is 184 g/mol. The Kier molecular flexibility index (Phi) is 2.96. The second kappa shape index (κ2) is 3.84. The molecule has 0 spiro atoms. The molecule has 14 heavy (non-hydrogen) atoms. The molecule has 0 amide bonds. The highest BCUT2D eigenvalue weighted by Crippen LogP contribution is 2.14. The fourth-order valence-corrected chi connectivity index (χ4v) is 0.858. The van der Waals surface area contributed by atoms with Gasteiger partial charge in [-0.2, -0.15) is 0 Å². The summed E-state index contributed by atoms with van der Waals surface area (Å²) in [7, 11) is 0. The SMILES string of the molecule is CC(C)(C)OCc1ccc(C(=O)O)o1. The van der Waals surface area contributed by atoms with E-state index in [0.29, 0.717) is 5.76 Å². The number of carboxylic acids is 1. The van der Waals surface area contributed by atoms with Crippen molar-refractivity contribution in [2.24, 2.45) is 0 Å². The van der Waals surface area contributed by atoms with Gasteiger partial charge in [-0.3, -0.25) is 0 Å². The normalized spacial score (nSPS) is 11.6. The average Bonchev–Trinajstić information content (AvgIpc) is 2.47. The monoisotopic (exact) mass is 198 g/mol. The van der Waals surface area contributed by atoms with E-state index >= 15 is 0 Å². The number of hydrogen-bond acceptors (Lipinski definition) is 3. The Hall–Kier alpha value is -1.29. The predicted molar refractivity (Wildman–Crippen MR) is 50.2 cm³/mol. The number of aromatic carboxylic acids is 1. The molecule has 0 fully saturated rings. The van der Waals surface area contributed by atoms with E-state index in [0.717, 1.165) is 0 Å². The summed E-state index contributed by atoms with van der Waals surface area (Å²) in [4.78, 5) is 10.5. The van der Waals surface area contributed by atoms with E-state index in [1.807, 2.05) is 20.8 Å². The Bertz CT molecular complexity index is 319. The first kappa shape index (κ1) is 10.8. The van der Waals surface area contributed by atoms with Crippen LogP contribution in [0.5, 0.6) is 0 Å². The van der Waals surface area contributed by atoms with Gasteiger partial charge >= 0.3 is 5.97 Å². The van der Waals surface area contributed by atoms with E-state index < -0.39 is 5.97 Å². The Morgan fingerprint density at radius 2 is 2.14 bits per heavy atom. The lowest BCUT2D eigenvalue weighted by Crippen LogP contribution is -2.18. The third kappa shape index (κ3) is 3.22. The van der Waals surface area contributed by atoms with Crippen molar-refractivity contribution < 1.29 is 19.1 Å². The van der Waals surface area contributed by atoms with Crippen molar-refractivity contribution >= 4 is 5.97 Å². The number of ether oxygens (including phenoxy) is 1. The second-order valence-corrected chi connectivity index (χ2v) is 3.97. The van der Waals surface area contributed by atoms with Crippen LogP contribution in [0.25, 0.3) is 0 Å². The minimum Gasteiger partial charge on any atom is -0.475 e. The summed E-state index contributed by atoms with van der Waals surface area (Å²) in [6.07, 6.45) is 0. The first-order valence-corrected chi connectivity index (χ1v) is 4.34. The van der Waals surface area contributed by atoms with E-state index in [-0.39, 0.29) is 18.0 Å². The zero-order valence-corrected chi connectivity index (χ0v) is 8.53. The van der Waals surface area contributed by atoms with Gasteiger partial charge in [0.2, 0.25) is 5.76 Å². The third-order valence-corrected chi connectivity index (χ3v) is 1.52. The van der Waals surface area contributed by atoms with Crippen molar-refractivity contribution in [3.05, 3.63) is 23.7 Å². The Labute approximate surface area is 82.5 Å². The first-order chi connectivity index (χ1) is 6.38. The molecule has 0 aliphatic rings. The van der Waals surface area contributed by atoms with Crippen LogP contribution in [0.3, 0.4) is 0 Å². The van der Waals surface area contributed by atoms with E-state index in [1.165, 1.54) is 6.07 Å². The predicted octanol–water partition coefficient (Wildman–Crippen LogP) is 2.29. The van der Waals surface area contributed by atoms with Gasteiger partial charge in [0.05, 0.1) is 5.60 Å². The molecule has 0 unspecified atom stereocenters. The van der Waals surface area contributed by atoms with Crippen LogP contribution in [0, 0.1) is 0 Å². The van der Waals surface area contributed by atoms with Crippen LogP contribution in [-0.4, -0.2) is 16.7 Å². The zero-order valence-electron chi connectivity index (χ0n) is 8.53. The number of carbonyl (C=O) groups is 1. The maximum atomic E-state index is 10.5. The molecule has 0 aromatic carbocycles. The lowest BCUT2D eigenvalue weighted by atomic mass is 10.2. The van der Waals surface area contributed by atoms with Crippen molar-refractivity contribution in [2.75, 3.05) is 0 Å². The number of rotatable bonds is 3. The number of furan rings is 1. The van der Waals surface area contributed by atoms with Crippen LogP contribution in [0.2, 0.25) is 0 Å². The molecule has 1 N–H and O–H groups in total.